The molecule has 29 heavy (non-hydrogen) atoms. The molecule has 0 unspecified atom stereocenters. The van der Waals surface area contributed by atoms with Crippen molar-refractivity contribution in [3.63, 3.8) is 0 Å². The molecule has 5 rings (SSSR count). The molecule has 4 heterocycles. The van der Waals surface area contributed by atoms with Gasteiger partial charge in [0.2, 0.25) is 5.91 Å². The third kappa shape index (κ3) is 3.16. The lowest BCUT2D eigenvalue weighted by atomic mass is 10.1. The summed E-state index contributed by atoms with van der Waals surface area (Å²) < 4.78 is 27.9. The van der Waals surface area contributed by atoms with Crippen LogP contribution in [0.1, 0.15) is 28.6 Å². The minimum Gasteiger partial charge on any atom is -0.351 e. The SMILES string of the molecule is O=C(C[C@H]1CN(C(=O)c2cc3ccccc3[nH]2)Cc2ccnn21)N1CC(F)(F)C1. The first kappa shape index (κ1) is 17.8. The van der Waals surface area contributed by atoms with E-state index in [1.165, 1.54) is 0 Å². The normalized spacial score (nSPS) is 20.4. The molecule has 7 nitrogen and oxygen atoms in total. The monoisotopic (exact) mass is 399 g/mol. The number of carbonyl (C=O) groups is 2. The molecule has 0 bridgehead atoms. The van der Waals surface area contributed by atoms with E-state index >= 15 is 0 Å². The summed E-state index contributed by atoms with van der Waals surface area (Å²) in [5, 5.41) is 5.22. The zero-order chi connectivity index (χ0) is 20.2. The van der Waals surface area contributed by atoms with E-state index in [1.54, 1.807) is 21.8 Å². The Bertz CT molecular complexity index is 1060. The van der Waals surface area contributed by atoms with Crippen molar-refractivity contribution in [1.82, 2.24) is 24.6 Å². The molecule has 9 heteroatoms. The molecule has 1 N–H and O–H groups in total. The van der Waals surface area contributed by atoms with Crippen molar-refractivity contribution in [1.29, 1.82) is 0 Å². The molecule has 2 aliphatic heterocycles. The summed E-state index contributed by atoms with van der Waals surface area (Å²) in [6.07, 6.45) is 1.66. The number of nitrogens with one attached hydrogen (secondary N) is 1. The van der Waals surface area contributed by atoms with Gasteiger partial charge in [0.05, 0.1) is 37.8 Å². The lowest BCUT2D eigenvalue weighted by Gasteiger charge is -2.40. The molecule has 0 radical (unpaired) electrons. The van der Waals surface area contributed by atoms with Crippen molar-refractivity contribution in [2.24, 2.45) is 0 Å². The van der Waals surface area contributed by atoms with E-state index in [9.17, 15) is 18.4 Å². The predicted molar refractivity (Wildman–Crippen MR) is 100 cm³/mol. The van der Waals surface area contributed by atoms with Gasteiger partial charge >= 0.3 is 0 Å². The summed E-state index contributed by atoms with van der Waals surface area (Å²) in [7, 11) is 0. The minimum absolute atomic E-state index is 0.0290. The number of nitrogens with zero attached hydrogens (tertiary/aromatic N) is 4. The molecule has 2 aromatic heterocycles. The Morgan fingerprint density at radius 1 is 1.17 bits per heavy atom. The van der Waals surface area contributed by atoms with Crippen LogP contribution < -0.4 is 0 Å². The van der Waals surface area contributed by atoms with Crippen LogP contribution in [0.15, 0.2) is 42.6 Å². The van der Waals surface area contributed by atoms with E-state index in [0.717, 1.165) is 21.5 Å². The lowest BCUT2D eigenvalue weighted by Crippen LogP contribution is -2.59. The van der Waals surface area contributed by atoms with Gasteiger partial charge in [-0.15, -0.1) is 0 Å². The fourth-order valence-electron chi connectivity index (χ4n) is 4.07. The molecule has 1 aromatic carbocycles. The third-order valence-electron chi connectivity index (χ3n) is 5.54. The molecular weight excluding hydrogens is 380 g/mol. The zero-order valence-electron chi connectivity index (χ0n) is 15.5. The number of hydrogen-bond donors (Lipinski definition) is 1. The number of benzene rings is 1. The van der Waals surface area contributed by atoms with Gasteiger partial charge in [-0.1, -0.05) is 18.2 Å². The highest BCUT2D eigenvalue weighted by molar-refractivity contribution is 5.98. The van der Waals surface area contributed by atoms with Crippen LogP contribution in [0.25, 0.3) is 10.9 Å². The summed E-state index contributed by atoms with van der Waals surface area (Å²) in [4.78, 5) is 31.5. The molecule has 2 amide bonds. The number of fused-ring (bicyclic) bond motifs is 2. The topological polar surface area (TPSA) is 74.2 Å². The van der Waals surface area contributed by atoms with E-state index in [0.29, 0.717) is 18.8 Å². The lowest BCUT2D eigenvalue weighted by molar-refractivity contribution is -0.166. The zero-order valence-corrected chi connectivity index (χ0v) is 15.5. The Morgan fingerprint density at radius 2 is 1.97 bits per heavy atom. The smallest absolute Gasteiger partial charge is 0.282 e. The van der Waals surface area contributed by atoms with Gasteiger partial charge in [-0.05, 0) is 18.2 Å². The first-order valence-electron chi connectivity index (χ1n) is 9.45. The second-order valence-electron chi connectivity index (χ2n) is 7.69. The molecule has 1 saturated heterocycles. The molecule has 0 spiro atoms. The molecule has 150 valence electrons. The van der Waals surface area contributed by atoms with Crippen molar-refractivity contribution in [2.75, 3.05) is 19.6 Å². The molecular formula is C20H19F2N5O2. The first-order valence-corrected chi connectivity index (χ1v) is 9.45. The van der Waals surface area contributed by atoms with Gasteiger partial charge in [0.1, 0.15) is 5.69 Å². The number of amides is 2. The van der Waals surface area contributed by atoms with Crippen LogP contribution in [0.2, 0.25) is 0 Å². The predicted octanol–water partition coefficient (Wildman–Crippen LogP) is 2.43. The second-order valence-corrected chi connectivity index (χ2v) is 7.69. The van der Waals surface area contributed by atoms with Gasteiger partial charge in [-0.25, -0.2) is 8.78 Å². The van der Waals surface area contributed by atoms with Crippen molar-refractivity contribution in [3.8, 4) is 0 Å². The summed E-state index contributed by atoms with van der Waals surface area (Å²) in [5.74, 6) is -3.31. The van der Waals surface area contributed by atoms with Crippen molar-refractivity contribution < 1.29 is 18.4 Å². The van der Waals surface area contributed by atoms with Crippen molar-refractivity contribution >= 4 is 22.7 Å². The van der Waals surface area contributed by atoms with Gasteiger partial charge in [0.25, 0.3) is 11.8 Å². The Labute approximate surface area is 164 Å². The van der Waals surface area contributed by atoms with Crippen LogP contribution in [0.4, 0.5) is 8.78 Å². The minimum atomic E-state index is -2.79. The maximum absolute atomic E-state index is 13.1. The Kier molecular flexibility index (Phi) is 3.94. The van der Waals surface area contributed by atoms with Crippen molar-refractivity contribution in [3.05, 3.63) is 54.0 Å². The summed E-state index contributed by atoms with van der Waals surface area (Å²) in [6.45, 7) is -0.413. The first-order chi connectivity index (χ1) is 13.9. The van der Waals surface area contributed by atoms with Gasteiger partial charge in [0, 0.05) is 23.6 Å². The average molecular weight is 399 g/mol. The molecule has 1 fully saturated rings. The number of halogens is 2. The maximum Gasteiger partial charge on any atom is 0.282 e. The van der Waals surface area contributed by atoms with E-state index in [1.807, 2.05) is 30.3 Å². The molecule has 3 aromatic rings. The molecule has 2 aliphatic rings. The summed E-state index contributed by atoms with van der Waals surface area (Å²) in [6, 6.07) is 10.9. The van der Waals surface area contributed by atoms with Gasteiger partial charge < -0.3 is 14.8 Å². The number of rotatable bonds is 3. The number of para-hydroxylation sites is 1. The fourth-order valence-corrected chi connectivity index (χ4v) is 4.07. The average Bonchev–Trinajstić information content (AvgIpc) is 3.31. The highest BCUT2D eigenvalue weighted by atomic mass is 19.3. The molecule has 0 saturated carbocycles. The highest BCUT2D eigenvalue weighted by Gasteiger charge is 2.46. The quantitative estimate of drug-likeness (QED) is 0.735. The fraction of sp³-hybridized carbons (Fsp3) is 0.350. The van der Waals surface area contributed by atoms with Crippen LogP contribution >= 0.6 is 0 Å². The largest absolute Gasteiger partial charge is 0.351 e. The van der Waals surface area contributed by atoms with E-state index in [-0.39, 0.29) is 24.3 Å². The third-order valence-corrected chi connectivity index (χ3v) is 5.54. The van der Waals surface area contributed by atoms with Crippen LogP contribution in [0, 0.1) is 0 Å². The van der Waals surface area contributed by atoms with Crippen LogP contribution in [0.5, 0.6) is 0 Å². The summed E-state index contributed by atoms with van der Waals surface area (Å²) in [5.41, 5.74) is 2.17. The van der Waals surface area contributed by atoms with Crippen LogP contribution in [-0.2, 0) is 11.3 Å². The number of H-pyrrole nitrogens is 1. The van der Waals surface area contributed by atoms with Crippen LogP contribution in [0.3, 0.4) is 0 Å². The molecule has 1 atom stereocenters. The number of likely N-dealkylation sites (tertiary alicyclic amines) is 1. The van der Waals surface area contributed by atoms with Crippen LogP contribution in [-0.4, -0.2) is 61.9 Å². The standard InChI is InChI=1S/C20H19F2N5O2/c21-20(22)11-26(12-20)18(28)8-15-10-25(9-14-5-6-23-27(14)15)19(29)17-7-13-3-1-2-4-16(13)24-17/h1-7,15,24H,8-12H2/t15-/m0/s1. The Balaban J connectivity index is 1.35. The summed E-state index contributed by atoms with van der Waals surface area (Å²) >= 11 is 0. The second kappa shape index (κ2) is 6.40. The van der Waals surface area contributed by atoms with Gasteiger partial charge in [-0.3, -0.25) is 14.3 Å². The van der Waals surface area contributed by atoms with E-state index in [4.69, 9.17) is 0 Å². The van der Waals surface area contributed by atoms with Crippen molar-refractivity contribution in [2.45, 2.75) is 24.9 Å². The number of carbonyl (C=O) groups excluding carboxylic acids is 2. The molecule has 0 aliphatic carbocycles. The number of aromatic amines is 1. The Morgan fingerprint density at radius 3 is 2.72 bits per heavy atom. The van der Waals surface area contributed by atoms with Gasteiger partial charge in [-0.2, -0.15) is 5.10 Å². The van der Waals surface area contributed by atoms with Gasteiger partial charge in [0.15, 0.2) is 0 Å². The maximum atomic E-state index is 13.1. The Hall–Kier alpha value is -3.23. The highest BCUT2D eigenvalue weighted by Crippen LogP contribution is 2.30. The van der Waals surface area contributed by atoms with E-state index < -0.39 is 19.0 Å². The number of aromatic nitrogens is 3. The number of alkyl halides is 2. The van der Waals surface area contributed by atoms with E-state index in [2.05, 4.69) is 10.1 Å². The number of hydrogen-bond acceptors (Lipinski definition) is 3.